The van der Waals surface area contributed by atoms with E-state index in [1.165, 1.54) is 19.3 Å². The van der Waals surface area contributed by atoms with Gasteiger partial charge in [0.25, 0.3) is 0 Å². The number of carbonyl (C=O) groups excluding carboxylic acids is 1. The van der Waals surface area contributed by atoms with Gasteiger partial charge in [-0.1, -0.05) is 42.8 Å². The van der Waals surface area contributed by atoms with Gasteiger partial charge < -0.3 is 19.7 Å². The first-order valence-electron chi connectivity index (χ1n) is 10.2. The number of fused-ring (bicyclic) bond motifs is 1. The summed E-state index contributed by atoms with van der Waals surface area (Å²) < 4.78 is 11.0. The number of hydrogen-bond donors (Lipinski definition) is 1. The molecule has 4 rings (SSSR count). The maximum atomic E-state index is 12.7. The molecule has 1 saturated heterocycles. The lowest BCUT2D eigenvalue weighted by Crippen LogP contribution is -2.38. The molecule has 1 unspecified atom stereocenters. The van der Waals surface area contributed by atoms with Gasteiger partial charge in [0.1, 0.15) is 0 Å². The summed E-state index contributed by atoms with van der Waals surface area (Å²) in [6.07, 6.45) is 4.29. The van der Waals surface area contributed by atoms with Crippen LogP contribution in [-0.2, 0) is 4.79 Å². The number of nitrogens with one attached hydrogen (secondary N) is 1. The van der Waals surface area contributed by atoms with Crippen molar-refractivity contribution in [1.82, 2.24) is 10.2 Å². The summed E-state index contributed by atoms with van der Waals surface area (Å²) >= 11 is 0. The number of nitrogens with zero attached hydrogens (tertiary/aromatic N) is 1. The molecule has 0 aliphatic carbocycles. The quantitative estimate of drug-likeness (QED) is 0.798. The number of likely N-dealkylation sites (tertiary alicyclic amines) is 1. The summed E-state index contributed by atoms with van der Waals surface area (Å²) in [6, 6.07) is 16.2. The van der Waals surface area contributed by atoms with Gasteiger partial charge in [0.05, 0.1) is 0 Å². The van der Waals surface area contributed by atoms with Crippen molar-refractivity contribution in [2.45, 2.75) is 31.6 Å². The lowest BCUT2D eigenvalue weighted by Gasteiger charge is -2.26. The Bertz CT molecular complexity index is 788. The molecular formula is C23H28N2O3. The standard InChI is InChI=1S/C23H28N2O3/c26-23(24-11-14-25-12-5-2-6-13-25)16-20(18-7-3-1-4-8-18)19-9-10-21-22(15-19)28-17-27-21/h1,3-4,7-10,15,20H,2,5-6,11-14,16-17H2,(H,24,26). The molecule has 0 bridgehead atoms. The van der Waals surface area contributed by atoms with Crippen molar-refractivity contribution in [2.24, 2.45) is 0 Å². The van der Waals surface area contributed by atoms with E-state index in [1.807, 2.05) is 36.4 Å². The van der Waals surface area contributed by atoms with E-state index in [4.69, 9.17) is 9.47 Å². The highest BCUT2D eigenvalue weighted by atomic mass is 16.7. The van der Waals surface area contributed by atoms with Crippen LogP contribution >= 0.6 is 0 Å². The smallest absolute Gasteiger partial charge is 0.231 e. The number of ether oxygens (including phenoxy) is 2. The van der Waals surface area contributed by atoms with Crippen molar-refractivity contribution in [2.75, 3.05) is 33.0 Å². The van der Waals surface area contributed by atoms with Crippen LogP contribution in [0.15, 0.2) is 48.5 Å². The highest BCUT2D eigenvalue weighted by Crippen LogP contribution is 2.37. The van der Waals surface area contributed by atoms with Crippen molar-refractivity contribution in [3.05, 3.63) is 59.7 Å². The molecule has 1 fully saturated rings. The third-order valence-electron chi connectivity index (χ3n) is 5.59. The molecule has 0 radical (unpaired) electrons. The minimum Gasteiger partial charge on any atom is -0.454 e. The summed E-state index contributed by atoms with van der Waals surface area (Å²) in [5, 5.41) is 3.12. The second-order valence-corrected chi connectivity index (χ2v) is 7.53. The van der Waals surface area contributed by atoms with E-state index < -0.39 is 0 Å². The number of piperidine rings is 1. The van der Waals surface area contributed by atoms with Crippen LogP contribution in [0.25, 0.3) is 0 Å². The molecule has 1 atom stereocenters. The molecule has 2 aromatic rings. The average molecular weight is 380 g/mol. The summed E-state index contributed by atoms with van der Waals surface area (Å²) in [5.41, 5.74) is 2.20. The molecule has 5 heteroatoms. The van der Waals surface area contributed by atoms with Gasteiger partial charge in [0, 0.05) is 25.4 Å². The van der Waals surface area contributed by atoms with Crippen LogP contribution in [0, 0.1) is 0 Å². The summed E-state index contributed by atoms with van der Waals surface area (Å²) in [5.74, 6) is 1.60. The van der Waals surface area contributed by atoms with Crippen molar-refractivity contribution in [3.63, 3.8) is 0 Å². The number of hydrogen-bond acceptors (Lipinski definition) is 4. The average Bonchev–Trinajstić information content (AvgIpc) is 3.21. The Morgan fingerprint density at radius 1 is 0.964 bits per heavy atom. The van der Waals surface area contributed by atoms with Crippen LogP contribution in [0.5, 0.6) is 11.5 Å². The predicted octanol–water partition coefficient (Wildman–Crippen LogP) is 3.54. The summed E-state index contributed by atoms with van der Waals surface area (Å²) in [6.45, 7) is 4.21. The molecule has 0 aromatic heterocycles. The fourth-order valence-electron chi connectivity index (χ4n) is 4.04. The minimum atomic E-state index is -0.00862. The van der Waals surface area contributed by atoms with E-state index in [-0.39, 0.29) is 18.6 Å². The lowest BCUT2D eigenvalue weighted by molar-refractivity contribution is -0.121. The maximum absolute atomic E-state index is 12.7. The third-order valence-corrected chi connectivity index (χ3v) is 5.59. The molecule has 148 valence electrons. The predicted molar refractivity (Wildman–Crippen MR) is 109 cm³/mol. The van der Waals surface area contributed by atoms with Gasteiger partial charge in [-0.3, -0.25) is 4.79 Å². The lowest BCUT2D eigenvalue weighted by atomic mass is 9.88. The Balaban J connectivity index is 1.41. The zero-order valence-electron chi connectivity index (χ0n) is 16.2. The number of benzene rings is 2. The second-order valence-electron chi connectivity index (χ2n) is 7.53. The molecular weight excluding hydrogens is 352 g/mol. The monoisotopic (exact) mass is 380 g/mol. The highest BCUT2D eigenvalue weighted by molar-refractivity contribution is 5.77. The van der Waals surface area contributed by atoms with Crippen molar-refractivity contribution in [1.29, 1.82) is 0 Å². The Kier molecular flexibility index (Phi) is 6.12. The number of carbonyl (C=O) groups is 1. The van der Waals surface area contributed by atoms with Gasteiger partial charge in [-0.2, -0.15) is 0 Å². The fourth-order valence-corrected chi connectivity index (χ4v) is 4.04. The highest BCUT2D eigenvalue weighted by Gasteiger charge is 2.22. The van der Waals surface area contributed by atoms with Crippen molar-refractivity contribution in [3.8, 4) is 11.5 Å². The summed E-state index contributed by atoms with van der Waals surface area (Å²) in [7, 11) is 0. The van der Waals surface area contributed by atoms with Crippen LogP contribution < -0.4 is 14.8 Å². The molecule has 5 nitrogen and oxygen atoms in total. The molecule has 2 aliphatic heterocycles. The maximum Gasteiger partial charge on any atom is 0.231 e. The van der Waals surface area contributed by atoms with Crippen LogP contribution in [-0.4, -0.2) is 43.8 Å². The molecule has 1 amide bonds. The van der Waals surface area contributed by atoms with Crippen molar-refractivity contribution < 1.29 is 14.3 Å². The third kappa shape index (κ3) is 4.65. The van der Waals surface area contributed by atoms with Crippen LogP contribution in [0.2, 0.25) is 0 Å². The molecule has 2 aliphatic rings. The molecule has 0 saturated carbocycles. The van der Waals surface area contributed by atoms with E-state index in [0.717, 1.165) is 42.3 Å². The van der Waals surface area contributed by atoms with Gasteiger partial charge in [-0.25, -0.2) is 0 Å². The van der Waals surface area contributed by atoms with Gasteiger partial charge in [-0.05, 0) is 49.2 Å². The van der Waals surface area contributed by atoms with E-state index in [0.29, 0.717) is 13.0 Å². The van der Waals surface area contributed by atoms with Gasteiger partial charge in [0.15, 0.2) is 11.5 Å². The molecule has 28 heavy (non-hydrogen) atoms. The molecule has 2 aromatic carbocycles. The fraction of sp³-hybridized carbons (Fsp3) is 0.435. The van der Waals surface area contributed by atoms with E-state index in [1.54, 1.807) is 0 Å². The molecule has 1 N–H and O–H groups in total. The topological polar surface area (TPSA) is 50.8 Å². The molecule has 2 heterocycles. The Labute approximate surface area is 166 Å². The van der Waals surface area contributed by atoms with Gasteiger partial charge >= 0.3 is 0 Å². The van der Waals surface area contributed by atoms with E-state index in [2.05, 4.69) is 22.3 Å². The molecule has 0 spiro atoms. The van der Waals surface area contributed by atoms with Crippen molar-refractivity contribution >= 4 is 5.91 Å². The zero-order valence-corrected chi connectivity index (χ0v) is 16.2. The van der Waals surface area contributed by atoms with Gasteiger partial charge in [-0.15, -0.1) is 0 Å². The first kappa shape index (κ1) is 18.8. The second kappa shape index (κ2) is 9.11. The van der Waals surface area contributed by atoms with E-state index >= 15 is 0 Å². The largest absolute Gasteiger partial charge is 0.454 e. The first-order valence-corrected chi connectivity index (χ1v) is 10.2. The Morgan fingerprint density at radius 3 is 2.57 bits per heavy atom. The Hall–Kier alpha value is -2.53. The SMILES string of the molecule is O=C(CC(c1ccccc1)c1ccc2c(c1)OCO2)NCCN1CCCCC1. The minimum absolute atomic E-state index is 0.00862. The van der Waals surface area contributed by atoms with Gasteiger partial charge in [0.2, 0.25) is 12.7 Å². The Morgan fingerprint density at radius 2 is 1.75 bits per heavy atom. The normalized spacial score (nSPS) is 17.3. The van der Waals surface area contributed by atoms with Crippen LogP contribution in [0.4, 0.5) is 0 Å². The summed E-state index contributed by atoms with van der Waals surface area (Å²) in [4.78, 5) is 15.1. The van der Waals surface area contributed by atoms with Crippen LogP contribution in [0.3, 0.4) is 0 Å². The van der Waals surface area contributed by atoms with E-state index in [9.17, 15) is 4.79 Å². The zero-order chi connectivity index (χ0) is 19.2. The number of amides is 1. The first-order chi connectivity index (χ1) is 13.8. The number of rotatable bonds is 7. The van der Waals surface area contributed by atoms with Crippen LogP contribution in [0.1, 0.15) is 42.7 Å².